The number of Topliss-reactive ketones (excluding diaryl/α,β-unsaturated/α-hetero) is 2. The largest absolute Gasteiger partial charge is 0.465 e. The highest BCUT2D eigenvalue weighted by Gasteiger charge is 2.37. The number of ketones is 2. The van der Waals surface area contributed by atoms with Gasteiger partial charge in [0.15, 0.2) is 21.4 Å². The second kappa shape index (κ2) is 14.3. The monoisotopic (exact) mass is 681 g/mol. The van der Waals surface area contributed by atoms with Crippen molar-refractivity contribution in [2.24, 2.45) is 0 Å². The number of nitrogens with zero attached hydrogens (tertiary/aromatic N) is 1. The summed E-state index contributed by atoms with van der Waals surface area (Å²) < 4.78 is 106. The maximum atomic E-state index is 13.3. The van der Waals surface area contributed by atoms with Gasteiger partial charge in [-0.1, -0.05) is 13.8 Å². The predicted molar refractivity (Wildman–Crippen MR) is 154 cm³/mol. The van der Waals surface area contributed by atoms with Crippen molar-refractivity contribution in [2.45, 2.75) is 57.8 Å². The number of fused-ring (bicyclic) bond motifs is 1. The van der Waals surface area contributed by atoms with Crippen LogP contribution in [0, 0.1) is 0 Å². The number of carbonyl (C=O) groups is 3. The second-order valence-corrected chi connectivity index (χ2v) is 12.1. The van der Waals surface area contributed by atoms with Gasteiger partial charge in [-0.25, -0.2) is 22.6 Å². The Balaban J connectivity index is 0.000000332. The van der Waals surface area contributed by atoms with Crippen molar-refractivity contribution in [3.63, 3.8) is 0 Å². The fourth-order valence-electron chi connectivity index (χ4n) is 4.21. The lowest BCUT2D eigenvalue weighted by Crippen LogP contribution is -2.37. The van der Waals surface area contributed by atoms with Crippen molar-refractivity contribution in [1.29, 1.82) is 0 Å². The Morgan fingerprint density at radius 2 is 1.33 bits per heavy atom. The first-order valence-electron chi connectivity index (χ1n) is 13.3. The average molecular weight is 682 g/mol. The van der Waals surface area contributed by atoms with Gasteiger partial charge in [0.2, 0.25) is 0 Å². The van der Waals surface area contributed by atoms with Crippen LogP contribution < -0.4 is 17.0 Å². The van der Waals surface area contributed by atoms with Gasteiger partial charge in [0.05, 0.1) is 34.7 Å². The van der Waals surface area contributed by atoms with E-state index in [4.69, 9.17) is 5.73 Å². The van der Waals surface area contributed by atoms with Gasteiger partial charge in [-0.15, -0.1) is 0 Å². The third-order valence-electron chi connectivity index (χ3n) is 6.24. The summed E-state index contributed by atoms with van der Waals surface area (Å²) in [7, 11) is -2.68. The number of nitrogen functional groups attached to an aromatic ring is 1. The number of hydrogen-bond donors (Lipinski definition) is 2. The molecule has 0 bridgehead atoms. The molecule has 252 valence electrons. The topological polar surface area (TPSA) is 175 Å². The maximum absolute atomic E-state index is 13.3. The molecule has 3 aromatic rings. The third kappa shape index (κ3) is 9.04. The Kier molecular flexibility index (Phi) is 11.7. The van der Waals surface area contributed by atoms with Crippen LogP contribution in [-0.4, -0.2) is 48.9 Å². The summed E-state index contributed by atoms with van der Waals surface area (Å²) >= 11 is 0. The minimum atomic E-state index is -4.87. The van der Waals surface area contributed by atoms with Crippen molar-refractivity contribution < 1.29 is 53.9 Å². The molecule has 0 fully saturated rings. The van der Waals surface area contributed by atoms with Crippen LogP contribution in [0.15, 0.2) is 33.9 Å². The molecular weight excluding hydrogens is 652 g/mol. The average Bonchev–Trinajstić information content (AvgIpc) is 2.93. The molecule has 46 heavy (non-hydrogen) atoms. The van der Waals surface area contributed by atoms with Crippen LogP contribution in [0.3, 0.4) is 0 Å². The van der Waals surface area contributed by atoms with Crippen molar-refractivity contribution in [3.05, 3.63) is 72.9 Å². The van der Waals surface area contributed by atoms with E-state index >= 15 is 0 Å². The first kappa shape index (κ1) is 37.7. The normalized spacial score (nSPS) is 12.0. The van der Waals surface area contributed by atoms with Gasteiger partial charge in [-0.3, -0.25) is 14.4 Å². The van der Waals surface area contributed by atoms with Crippen LogP contribution in [0.2, 0.25) is 0 Å². The summed E-state index contributed by atoms with van der Waals surface area (Å²) in [5.41, 5.74) is -1.53. The number of methoxy groups -OCH3 is 1. The van der Waals surface area contributed by atoms with Gasteiger partial charge in [0, 0.05) is 35.9 Å². The summed E-state index contributed by atoms with van der Waals surface area (Å²) in [6.45, 7) is 3.28. The number of aromatic nitrogens is 2. The molecule has 0 saturated carbocycles. The van der Waals surface area contributed by atoms with Crippen LogP contribution in [0.4, 0.5) is 32.0 Å². The summed E-state index contributed by atoms with van der Waals surface area (Å²) in [5.74, 6) is -3.31. The predicted octanol–water partition coefficient (Wildman–Crippen LogP) is 4.75. The first-order valence-corrected chi connectivity index (χ1v) is 15.3. The third-order valence-corrected chi connectivity index (χ3v) is 6.97. The van der Waals surface area contributed by atoms with Gasteiger partial charge in [-0.2, -0.15) is 26.3 Å². The van der Waals surface area contributed by atoms with E-state index in [-0.39, 0.29) is 29.5 Å². The van der Waals surface area contributed by atoms with E-state index in [9.17, 15) is 58.7 Å². The Morgan fingerprint density at radius 3 is 1.76 bits per heavy atom. The van der Waals surface area contributed by atoms with E-state index in [1.165, 1.54) is 0 Å². The van der Waals surface area contributed by atoms with E-state index in [0.717, 1.165) is 25.5 Å². The first-order chi connectivity index (χ1) is 21.1. The van der Waals surface area contributed by atoms with Crippen LogP contribution in [0.1, 0.15) is 81.7 Å². The van der Waals surface area contributed by atoms with Crippen molar-refractivity contribution in [3.8, 4) is 0 Å². The molecule has 0 amide bonds. The molecule has 0 aliphatic rings. The molecule has 0 aliphatic heterocycles. The molecule has 0 unspecified atom stereocenters. The van der Waals surface area contributed by atoms with Crippen LogP contribution in [-0.2, 0) is 32.8 Å². The minimum absolute atomic E-state index is 0.0480. The summed E-state index contributed by atoms with van der Waals surface area (Å²) in [4.78, 5) is 61.7. The SMILES string of the molecule is CCCC(=O)c1cc(C(=O)OC)c(N)cc1C(F)(F)F.CCCC(=O)c1cc2c(=O)n(CS(C)(=O)=O)c(=O)[nH]c2cc1C(F)(F)F. The van der Waals surface area contributed by atoms with Crippen molar-refractivity contribution >= 4 is 44.0 Å². The molecule has 3 rings (SSSR count). The number of anilines is 1. The van der Waals surface area contributed by atoms with E-state index in [1.807, 2.05) is 0 Å². The van der Waals surface area contributed by atoms with E-state index in [2.05, 4.69) is 9.72 Å². The number of ether oxygens (including phenoxy) is 1. The van der Waals surface area contributed by atoms with Gasteiger partial charge in [-0.05, 0) is 37.1 Å². The smallest absolute Gasteiger partial charge is 0.417 e. The number of hydrogen-bond acceptors (Lipinski definition) is 9. The lowest BCUT2D eigenvalue weighted by molar-refractivity contribution is -0.138. The molecule has 0 atom stereocenters. The summed E-state index contributed by atoms with van der Waals surface area (Å²) in [6, 6.07) is 2.72. The molecule has 1 heterocycles. The lowest BCUT2D eigenvalue weighted by Gasteiger charge is -2.15. The van der Waals surface area contributed by atoms with Crippen LogP contribution >= 0.6 is 0 Å². The van der Waals surface area contributed by atoms with Crippen molar-refractivity contribution in [2.75, 3.05) is 19.1 Å². The standard InChI is InChI=1S/C15H15F3N2O5S.C13H14F3NO3/c1-3-4-12(21)8-5-9-11(6-10(8)15(16,17)18)19-14(23)20(13(9)22)7-26(2,24)25;1-3-4-11(18)7-5-8(12(19)20-2)10(17)6-9(7)13(14,15)16/h5-6H,3-4,7H2,1-2H3,(H,19,23);5-6H,3-4,17H2,1-2H3. The summed E-state index contributed by atoms with van der Waals surface area (Å²) in [5, 5.41) is -0.374. The second-order valence-electron chi connectivity index (χ2n) is 9.98. The van der Waals surface area contributed by atoms with Gasteiger partial charge >= 0.3 is 24.0 Å². The quantitative estimate of drug-likeness (QED) is 0.140. The van der Waals surface area contributed by atoms with Gasteiger partial charge < -0.3 is 15.5 Å². The number of rotatable bonds is 9. The number of esters is 1. The lowest BCUT2D eigenvalue weighted by atomic mass is 9.96. The molecule has 3 N–H and O–H groups in total. The number of nitrogens with two attached hydrogens (primary N) is 1. The zero-order chi connectivity index (χ0) is 35.4. The number of nitrogens with one attached hydrogen (secondary N) is 1. The number of benzene rings is 2. The number of aromatic amines is 1. The molecule has 0 radical (unpaired) electrons. The zero-order valence-electron chi connectivity index (χ0n) is 24.8. The fourth-order valence-corrected chi connectivity index (χ4v) is 4.91. The Morgan fingerprint density at radius 1 is 0.848 bits per heavy atom. The molecule has 0 aliphatic carbocycles. The molecule has 1 aromatic heterocycles. The molecule has 11 nitrogen and oxygen atoms in total. The van der Waals surface area contributed by atoms with Crippen LogP contribution in [0.25, 0.3) is 10.9 Å². The number of H-pyrrole nitrogens is 1. The fraction of sp³-hybridized carbons (Fsp3) is 0.393. The Labute approximate surface area is 257 Å². The number of carbonyl (C=O) groups excluding carboxylic acids is 3. The number of sulfone groups is 1. The number of alkyl halides is 6. The highest BCUT2D eigenvalue weighted by atomic mass is 32.2. The zero-order valence-corrected chi connectivity index (χ0v) is 25.6. The van der Waals surface area contributed by atoms with Gasteiger partial charge in [0.25, 0.3) is 5.56 Å². The molecule has 2 aromatic carbocycles. The van der Waals surface area contributed by atoms with E-state index in [1.54, 1.807) is 13.8 Å². The number of halogens is 6. The molecule has 18 heteroatoms. The van der Waals surface area contributed by atoms with E-state index in [0.29, 0.717) is 29.5 Å². The Bertz CT molecular complexity index is 1890. The highest BCUT2D eigenvalue weighted by Crippen LogP contribution is 2.36. The van der Waals surface area contributed by atoms with Crippen LogP contribution in [0.5, 0.6) is 0 Å². The van der Waals surface area contributed by atoms with E-state index < -0.39 is 84.6 Å². The van der Waals surface area contributed by atoms with Gasteiger partial charge in [0.1, 0.15) is 5.88 Å². The summed E-state index contributed by atoms with van der Waals surface area (Å²) in [6.07, 6.45) is -8.30. The molecule has 0 spiro atoms. The van der Waals surface area contributed by atoms with Crippen molar-refractivity contribution in [1.82, 2.24) is 9.55 Å². The molecule has 0 saturated heterocycles. The molecular formula is C28H29F6N3O8S. The maximum Gasteiger partial charge on any atom is 0.417 e. The Hall–Kier alpha value is -4.48. The highest BCUT2D eigenvalue weighted by molar-refractivity contribution is 7.89. The minimum Gasteiger partial charge on any atom is -0.465 e.